The van der Waals surface area contributed by atoms with Gasteiger partial charge in [0.2, 0.25) is 0 Å². The number of carbonyl (C=O) groups excluding carboxylic acids is 1. The van der Waals surface area contributed by atoms with Crippen molar-refractivity contribution in [3.63, 3.8) is 0 Å². The standard InChI is InChI=1S/C15H12N4O5S2/c1-9-2-5-11(6-3-9)26(23,24)18-14(20)17-15-16-12-7-4-10(19(21)22)8-13(12)25-15/h2-8H,1H3,(H2,16,17,18,20). The number of urea groups is 1. The van der Waals surface area contributed by atoms with E-state index in [1.165, 1.54) is 30.3 Å². The lowest BCUT2D eigenvalue weighted by molar-refractivity contribution is -0.384. The minimum atomic E-state index is -4.02. The average molecular weight is 392 g/mol. The first-order valence-corrected chi connectivity index (χ1v) is 9.50. The first-order valence-electron chi connectivity index (χ1n) is 7.20. The number of hydrogen-bond acceptors (Lipinski definition) is 7. The topological polar surface area (TPSA) is 131 Å². The van der Waals surface area contributed by atoms with Gasteiger partial charge in [0.25, 0.3) is 15.7 Å². The predicted molar refractivity (Wildman–Crippen MR) is 96.8 cm³/mol. The highest BCUT2D eigenvalue weighted by molar-refractivity contribution is 7.90. The van der Waals surface area contributed by atoms with Crippen LogP contribution in [-0.2, 0) is 10.0 Å². The lowest BCUT2D eigenvalue weighted by Gasteiger charge is -2.07. The molecule has 0 atom stereocenters. The number of aromatic nitrogens is 1. The maximum Gasteiger partial charge on any atom is 0.334 e. The molecule has 11 heteroatoms. The Bertz CT molecular complexity index is 1110. The molecule has 0 radical (unpaired) electrons. The number of sulfonamides is 1. The fourth-order valence-electron chi connectivity index (χ4n) is 2.10. The predicted octanol–water partition coefficient (Wildman–Crippen LogP) is 3.02. The average Bonchev–Trinajstić information content (AvgIpc) is 2.95. The Labute approximate surface area is 151 Å². The number of anilines is 1. The summed E-state index contributed by atoms with van der Waals surface area (Å²) in [5.74, 6) is 0. The molecule has 134 valence electrons. The number of rotatable bonds is 4. The Hall–Kier alpha value is -3.05. The molecule has 1 heterocycles. The third-order valence-corrected chi connectivity index (χ3v) is 5.64. The second-order valence-corrected chi connectivity index (χ2v) is 8.01. The molecule has 3 aromatic rings. The molecule has 0 saturated carbocycles. The van der Waals surface area contributed by atoms with Crippen LogP contribution in [0.2, 0.25) is 0 Å². The molecule has 2 aromatic carbocycles. The number of aryl methyl sites for hydroxylation is 1. The highest BCUT2D eigenvalue weighted by Gasteiger charge is 2.19. The van der Waals surface area contributed by atoms with Gasteiger partial charge in [0, 0.05) is 12.1 Å². The summed E-state index contributed by atoms with van der Waals surface area (Å²) in [7, 11) is -4.02. The van der Waals surface area contributed by atoms with Crippen molar-refractivity contribution in [1.29, 1.82) is 0 Å². The second kappa shape index (κ2) is 6.69. The number of benzene rings is 2. The maximum atomic E-state index is 12.2. The SMILES string of the molecule is Cc1ccc(S(=O)(=O)NC(=O)Nc2nc3ccc([N+](=O)[O-])cc3s2)cc1. The Morgan fingerprint density at radius 3 is 2.54 bits per heavy atom. The van der Waals surface area contributed by atoms with Gasteiger partial charge in [-0.1, -0.05) is 29.0 Å². The summed E-state index contributed by atoms with van der Waals surface area (Å²) in [6.45, 7) is 1.81. The summed E-state index contributed by atoms with van der Waals surface area (Å²) < 4.78 is 26.7. The molecule has 0 saturated heterocycles. The van der Waals surface area contributed by atoms with Crippen LogP contribution >= 0.6 is 11.3 Å². The summed E-state index contributed by atoms with van der Waals surface area (Å²) in [5.41, 5.74) is 1.24. The van der Waals surface area contributed by atoms with Gasteiger partial charge in [0.15, 0.2) is 5.13 Å². The summed E-state index contributed by atoms with van der Waals surface area (Å²) >= 11 is 0.999. The van der Waals surface area contributed by atoms with Crippen LogP contribution in [0.15, 0.2) is 47.4 Å². The third-order valence-electron chi connectivity index (χ3n) is 3.36. The Balaban J connectivity index is 1.76. The van der Waals surface area contributed by atoms with E-state index in [2.05, 4.69) is 10.3 Å². The van der Waals surface area contributed by atoms with Crippen LogP contribution in [0.1, 0.15) is 5.56 Å². The van der Waals surface area contributed by atoms with Crippen LogP contribution in [0, 0.1) is 17.0 Å². The van der Waals surface area contributed by atoms with E-state index in [9.17, 15) is 23.3 Å². The van der Waals surface area contributed by atoms with E-state index >= 15 is 0 Å². The molecule has 3 rings (SSSR count). The van der Waals surface area contributed by atoms with Gasteiger partial charge in [-0.15, -0.1) is 0 Å². The molecule has 0 aliphatic heterocycles. The molecule has 9 nitrogen and oxygen atoms in total. The second-order valence-electron chi connectivity index (χ2n) is 5.30. The van der Waals surface area contributed by atoms with Crippen molar-refractivity contribution < 1.29 is 18.1 Å². The smallest absolute Gasteiger partial charge is 0.283 e. The molecule has 0 aliphatic carbocycles. The fourth-order valence-corrected chi connectivity index (χ4v) is 3.90. The molecule has 2 N–H and O–H groups in total. The quantitative estimate of drug-likeness (QED) is 0.518. The fraction of sp³-hybridized carbons (Fsp3) is 0.0667. The van der Waals surface area contributed by atoms with Gasteiger partial charge in [-0.2, -0.15) is 0 Å². The minimum absolute atomic E-state index is 0.0434. The van der Waals surface area contributed by atoms with E-state index in [1.807, 2.05) is 11.6 Å². The summed E-state index contributed by atoms with van der Waals surface area (Å²) in [6.07, 6.45) is 0. The Morgan fingerprint density at radius 1 is 1.19 bits per heavy atom. The Morgan fingerprint density at radius 2 is 1.88 bits per heavy atom. The summed E-state index contributed by atoms with van der Waals surface area (Å²) in [5, 5.41) is 13.2. The van der Waals surface area contributed by atoms with Crippen LogP contribution < -0.4 is 10.0 Å². The largest absolute Gasteiger partial charge is 0.334 e. The zero-order valence-electron chi connectivity index (χ0n) is 13.3. The van der Waals surface area contributed by atoms with Gasteiger partial charge < -0.3 is 0 Å². The summed E-state index contributed by atoms with van der Waals surface area (Å²) in [6, 6.07) is 9.13. The lowest BCUT2D eigenvalue weighted by Crippen LogP contribution is -2.34. The van der Waals surface area contributed by atoms with E-state index < -0.39 is 21.0 Å². The number of nitrogens with zero attached hydrogens (tertiary/aromatic N) is 2. The monoisotopic (exact) mass is 392 g/mol. The van der Waals surface area contributed by atoms with E-state index in [-0.39, 0.29) is 15.7 Å². The first kappa shape index (κ1) is 17.8. The molecule has 26 heavy (non-hydrogen) atoms. The number of non-ortho nitro benzene ring substituents is 1. The van der Waals surface area contributed by atoms with Crippen LogP contribution in [0.4, 0.5) is 15.6 Å². The molecular weight excluding hydrogens is 380 g/mol. The number of amides is 2. The summed E-state index contributed by atoms with van der Waals surface area (Å²) in [4.78, 5) is 26.3. The van der Waals surface area contributed by atoms with E-state index in [0.717, 1.165) is 16.9 Å². The van der Waals surface area contributed by atoms with Crippen LogP contribution in [-0.4, -0.2) is 24.4 Å². The van der Waals surface area contributed by atoms with Gasteiger partial charge in [-0.05, 0) is 25.1 Å². The van der Waals surface area contributed by atoms with E-state index in [1.54, 1.807) is 12.1 Å². The molecule has 0 bridgehead atoms. The van der Waals surface area contributed by atoms with Crippen LogP contribution in [0.3, 0.4) is 0 Å². The van der Waals surface area contributed by atoms with Gasteiger partial charge in [-0.25, -0.2) is 22.9 Å². The first-order chi connectivity index (χ1) is 12.2. The minimum Gasteiger partial charge on any atom is -0.283 e. The van der Waals surface area contributed by atoms with Crippen molar-refractivity contribution in [3.8, 4) is 0 Å². The van der Waals surface area contributed by atoms with Crippen molar-refractivity contribution in [3.05, 3.63) is 58.1 Å². The molecule has 0 aliphatic rings. The number of nitrogens with one attached hydrogen (secondary N) is 2. The van der Waals surface area contributed by atoms with Crippen molar-refractivity contribution in [2.24, 2.45) is 0 Å². The lowest BCUT2D eigenvalue weighted by atomic mass is 10.2. The Kier molecular flexibility index (Phi) is 4.57. The van der Waals surface area contributed by atoms with E-state index in [4.69, 9.17) is 0 Å². The number of fused-ring (bicyclic) bond motifs is 1. The van der Waals surface area contributed by atoms with Crippen molar-refractivity contribution in [1.82, 2.24) is 9.71 Å². The van der Waals surface area contributed by atoms with Gasteiger partial charge in [-0.3, -0.25) is 15.4 Å². The van der Waals surface area contributed by atoms with E-state index in [0.29, 0.717) is 10.2 Å². The highest BCUT2D eigenvalue weighted by Crippen LogP contribution is 2.29. The third kappa shape index (κ3) is 3.78. The zero-order valence-corrected chi connectivity index (χ0v) is 14.9. The van der Waals surface area contributed by atoms with Crippen LogP contribution in [0.25, 0.3) is 10.2 Å². The molecule has 0 spiro atoms. The number of carbonyl (C=O) groups is 1. The van der Waals surface area contributed by atoms with Crippen molar-refractivity contribution in [2.45, 2.75) is 11.8 Å². The molecule has 2 amide bonds. The van der Waals surface area contributed by atoms with Crippen LogP contribution in [0.5, 0.6) is 0 Å². The van der Waals surface area contributed by atoms with Crippen molar-refractivity contribution >= 4 is 48.4 Å². The maximum absolute atomic E-state index is 12.2. The number of nitro groups is 1. The number of thiazole rings is 1. The molecule has 1 aromatic heterocycles. The normalized spacial score (nSPS) is 11.3. The molecule has 0 unspecified atom stereocenters. The van der Waals surface area contributed by atoms with Crippen molar-refractivity contribution in [2.75, 3.05) is 5.32 Å². The van der Waals surface area contributed by atoms with Gasteiger partial charge in [0.05, 0.1) is 20.0 Å². The zero-order chi connectivity index (χ0) is 18.9. The number of hydrogen-bond donors (Lipinski definition) is 2. The number of nitro benzene ring substituents is 1. The highest BCUT2D eigenvalue weighted by atomic mass is 32.2. The van der Waals surface area contributed by atoms with Gasteiger partial charge >= 0.3 is 6.03 Å². The molecule has 0 fully saturated rings. The van der Waals surface area contributed by atoms with Gasteiger partial charge in [0.1, 0.15) is 0 Å². The molecular formula is C15H12N4O5S2.